The molecule has 26 heavy (non-hydrogen) atoms. The molecule has 4 nitrogen and oxygen atoms in total. The van der Waals surface area contributed by atoms with Crippen molar-refractivity contribution in [1.29, 1.82) is 0 Å². The highest BCUT2D eigenvalue weighted by molar-refractivity contribution is 7.81. The highest BCUT2D eigenvalue weighted by Gasteiger charge is 2.35. The van der Waals surface area contributed by atoms with Gasteiger partial charge in [0, 0.05) is 54.1 Å². The van der Waals surface area contributed by atoms with Crippen LogP contribution in [-0.2, 0) is 4.65 Å². The number of allylic oxidation sites excluding steroid dienone is 4. The molecular formula is C20H35BN3OS. The lowest BCUT2D eigenvalue weighted by atomic mass is 9.76. The predicted molar refractivity (Wildman–Crippen MR) is 118 cm³/mol. The van der Waals surface area contributed by atoms with Crippen LogP contribution in [0, 0.1) is 0 Å². The van der Waals surface area contributed by atoms with Crippen LogP contribution in [-0.4, -0.2) is 54.6 Å². The predicted octanol–water partition coefficient (Wildman–Crippen LogP) is 3.80. The third-order valence-corrected chi connectivity index (χ3v) is 5.69. The van der Waals surface area contributed by atoms with Crippen LogP contribution in [0.3, 0.4) is 0 Å². The maximum atomic E-state index is 6.18. The van der Waals surface area contributed by atoms with E-state index in [2.05, 4.69) is 75.1 Å². The fraction of sp³-hybridized carbons (Fsp3) is 0.650. The summed E-state index contributed by atoms with van der Waals surface area (Å²) in [6.07, 6.45) is 3.67. The zero-order valence-corrected chi connectivity index (χ0v) is 18.4. The van der Waals surface area contributed by atoms with Gasteiger partial charge in [0.2, 0.25) is 0 Å². The van der Waals surface area contributed by atoms with Crippen LogP contribution < -0.4 is 5.32 Å². The van der Waals surface area contributed by atoms with Crippen molar-refractivity contribution in [3.05, 3.63) is 35.6 Å². The lowest BCUT2D eigenvalue weighted by molar-refractivity contribution is 0.0845. The largest absolute Gasteiger partial charge is 0.428 e. The summed E-state index contributed by atoms with van der Waals surface area (Å²) in [4.78, 5) is 6.85. The average molecular weight is 376 g/mol. The van der Waals surface area contributed by atoms with E-state index in [-0.39, 0.29) is 4.75 Å². The Bertz CT molecular complexity index is 582. The van der Waals surface area contributed by atoms with E-state index in [4.69, 9.17) is 4.65 Å². The van der Waals surface area contributed by atoms with E-state index in [0.29, 0.717) is 0 Å². The van der Waals surface area contributed by atoms with E-state index in [0.717, 1.165) is 42.9 Å². The Morgan fingerprint density at radius 1 is 1.23 bits per heavy atom. The minimum Gasteiger partial charge on any atom is -0.428 e. The Hall–Kier alpha value is -0.975. The van der Waals surface area contributed by atoms with Crippen LogP contribution in [0.2, 0.25) is 0 Å². The van der Waals surface area contributed by atoms with Crippen LogP contribution in [0.15, 0.2) is 40.6 Å². The topological polar surface area (TPSA) is 36.9 Å². The van der Waals surface area contributed by atoms with Gasteiger partial charge in [-0.05, 0) is 53.9 Å². The number of aliphatic imine (C=N–C) groups is 1. The molecule has 0 amide bonds. The molecule has 0 bridgehead atoms. The molecule has 0 aromatic rings. The summed E-state index contributed by atoms with van der Waals surface area (Å²) >= 11 is 4.69. The second kappa shape index (κ2) is 9.81. The van der Waals surface area contributed by atoms with E-state index >= 15 is 0 Å². The first-order valence-corrected chi connectivity index (χ1v) is 9.72. The van der Waals surface area contributed by atoms with Crippen LogP contribution in [0.5, 0.6) is 0 Å². The van der Waals surface area contributed by atoms with E-state index in [1.54, 1.807) is 6.20 Å². The Kier molecular flexibility index (Phi) is 8.71. The lowest BCUT2D eigenvalue weighted by Crippen LogP contribution is -2.45. The van der Waals surface area contributed by atoms with Gasteiger partial charge in [0.15, 0.2) is 0 Å². The van der Waals surface area contributed by atoms with Crippen LogP contribution in [0.4, 0.5) is 0 Å². The van der Waals surface area contributed by atoms with Crippen molar-refractivity contribution >= 4 is 25.8 Å². The van der Waals surface area contributed by atoms with Gasteiger partial charge in [-0.1, -0.05) is 12.7 Å². The summed E-state index contributed by atoms with van der Waals surface area (Å²) in [5.41, 5.74) is 3.86. The van der Waals surface area contributed by atoms with Gasteiger partial charge in [-0.15, -0.1) is 0 Å². The zero-order valence-electron chi connectivity index (χ0n) is 17.5. The van der Waals surface area contributed by atoms with E-state index in [9.17, 15) is 0 Å². The fourth-order valence-electron chi connectivity index (χ4n) is 2.67. The van der Waals surface area contributed by atoms with Crippen molar-refractivity contribution in [3.8, 4) is 0 Å². The first-order chi connectivity index (χ1) is 12.0. The minimum absolute atomic E-state index is 0.274. The molecule has 0 atom stereocenters. The number of rotatable bonds is 8. The smallest absolute Gasteiger partial charge is 0.331 e. The maximum absolute atomic E-state index is 6.18. The van der Waals surface area contributed by atoms with Gasteiger partial charge in [-0.25, -0.2) is 0 Å². The lowest BCUT2D eigenvalue weighted by Gasteiger charge is -2.39. The van der Waals surface area contributed by atoms with Crippen LogP contribution >= 0.6 is 12.6 Å². The molecule has 1 aliphatic rings. The Balaban J connectivity index is 3.19. The summed E-state index contributed by atoms with van der Waals surface area (Å²) in [7, 11) is 1.85. The number of nitrogens with one attached hydrogen (secondary N) is 1. The molecule has 1 heterocycles. The van der Waals surface area contributed by atoms with Crippen molar-refractivity contribution < 1.29 is 4.65 Å². The second-order valence-electron chi connectivity index (χ2n) is 7.64. The van der Waals surface area contributed by atoms with Crippen molar-refractivity contribution in [2.75, 3.05) is 26.2 Å². The molecular weight excluding hydrogens is 341 g/mol. The maximum Gasteiger partial charge on any atom is 0.331 e. The van der Waals surface area contributed by atoms with Crippen molar-refractivity contribution in [2.24, 2.45) is 4.99 Å². The molecule has 1 radical (unpaired) electrons. The summed E-state index contributed by atoms with van der Waals surface area (Å²) in [5, 5.41) is 3.40. The first-order valence-electron chi connectivity index (χ1n) is 9.27. The van der Waals surface area contributed by atoms with Gasteiger partial charge in [-0.2, -0.15) is 12.6 Å². The summed E-state index contributed by atoms with van der Waals surface area (Å²) < 4.78 is 5.90. The average Bonchev–Trinajstić information content (AvgIpc) is 2.58. The minimum atomic E-state index is -0.415. The fourth-order valence-corrected chi connectivity index (χ4v) is 2.72. The normalized spacial score (nSPS) is 18.5. The first kappa shape index (κ1) is 23.1. The molecule has 1 aliphatic heterocycles. The standard InChI is InChI=1S/C20H35BN3OS/c1-9-17(21-25-19(5,6)20(7,8)26)18(15(3)23-10-2)16(4)24-13-11-22-12-14-24/h9-10,22,26H,2,11-14H2,1,3-8H3/b17-9+,18-16-,23-15?. The monoisotopic (exact) mass is 376 g/mol. The molecule has 145 valence electrons. The molecule has 1 saturated heterocycles. The van der Waals surface area contributed by atoms with Gasteiger partial charge in [0.1, 0.15) is 0 Å². The van der Waals surface area contributed by atoms with Gasteiger partial charge >= 0.3 is 7.48 Å². The Morgan fingerprint density at radius 2 is 1.81 bits per heavy atom. The third-order valence-electron chi connectivity index (χ3n) is 5.15. The highest BCUT2D eigenvalue weighted by Crippen LogP contribution is 2.32. The number of hydrogen-bond donors (Lipinski definition) is 2. The number of piperazine rings is 1. The molecule has 6 heteroatoms. The summed E-state index contributed by atoms with van der Waals surface area (Å²) in [6, 6.07) is 0. The SMILES string of the molecule is C=CN=C(C)C(/C([B]OC(C)(C)C(C)(C)S)=C\C)=C(\C)N1CCNCC1. The molecule has 1 N–H and O–H groups in total. The molecule has 0 unspecified atom stereocenters. The number of thiol groups is 1. The molecule has 1 rings (SSSR count). The Morgan fingerprint density at radius 3 is 2.27 bits per heavy atom. The molecule has 0 saturated carbocycles. The van der Waals surface area contributed by atoms with Gasteiger partial charge in [0.05, 0.1) is 5.60 Å². The van der Waals surface area contributed by atoms with Crippen LogP contribution in [0.25, 0.3) is 0 Å². The molecule has 0 spiro atoms. The van der Waals surface area contributed by atoms with Gasteiger partial charge in [0.25, 0.3) is 0 Å². The molecule has 0 aliphatic carbocycles. The third kappa shape index (κ3) is 6.03. The Labute approximate surface area is 166 Å². The summed E-state index contributed by atoms with van der Waals surface area (Å²) in [5.74, 6) is 0. The van der Waals surface area contributed by atoms with Gasteiger partial charge < -0.3 is 14.9 Å². The quantitative estimate of drug-likeness (QED) is 0.293. The van der Waals surface area contributed by atoms with Crippen molar-refractivity contribution in [2.45, 2.75) is 58.8 Å². The van der Waals surface area contributed by atoms with Crippen molar-refractivity contribution in [1.82, 2.24) is 10.2 Å². The highest BCUT2D eigenvalue weighted by atomic mass is 32.1. The van der Waals surface area contributed by atoms with E-state index in [1.807, 2.05) is 21.3 Å². The van der Waals surface area contributed by atoms with Crippen molar-refractivity contribution in [3.63, 3.8) is 0 Å². The number of nitrogens with zero attached hydrogens (tertiary/aromatic N) is 2. The molecule has 0 aromatic heterocycles. The van der Waals surface area contributed by atoms with Crippen LogP contribution in [0.1, 0.15) is 48.5 Å². The van der Waals surface area contributed by atoms with Gasteiger partial charge in [-0.3, -0.25) is 4.99 Å². The zero-order chi connectivity index (χ0) is 20.0. The molecule has 1 fully saturated rings. The second-order valence-corrected chi connectivity index (χ2v) is 8.76. The summed E-state index contributed by atoms with van der Waals surface area (Å²) in [6.45, 7) is 22.2. The van der Waals surface area contributed by atoms with E-state index in [1.165, 1.54) is 5.70 Å². The number of hydrogen-bond acceptors (Lipinski definition) is 5. The van der Waals surface area contributed by atoms with E-state index < -0.39 is 5.60 Å². The molecule has 0 aromatic carbocycles.